The van der Waals surface area contributed by atoms with Crippen molar-refractivity contribution < 1.29 is 9.53 Å². The molecule has 0 bridgehead atoms. The average molecular weight is 314 g/mol. The van der Waals surface area contributed by atoms with Crippen molar-refractivity contribution in [2.24, 2.45) is 12.8 Å². The largest absolute Gasteiger partial charge is 0.380 e. The number of imidazole rings is 1. The van der Waals surface area contributed by atoms with E-state index in [1.165, 1.54) is 0 Å². The standard InChI is InChI=1S/C17H22N4O2/c1-20-11-19-7-16(20)14-8-21(9-15(14)18)17(22)13-6-4-3-5-12(13)10-23-2/h3-7,11,14-15H,8-10,18H2,1-2H3/t14-,15-/m1/s1. The van der Waals surface area contributed by atoms with E-state index in [2.05, 4.69) is 4.98 Å². The normalized spacial score (nSPS) is 20.9. The number of nitrogens with two attached hydrogens (primary N) is 1. The Morgan fingerprint density at radius 3 is 2.87 bits per heavy atom. The molecular weight excluding hydrogens is 292 g/mol. The molecule has 2 atom stereocenters. The van der Waals surface area contributed by atoms with Gasteiger partial charge in [-0.2, -0.15) is 0 Å². The summed E-state index contributed by atoms with van der Waals surface area (Å²) in [6, 6.07) is 7.48. The van der Waals surface area contributed by atoms with Gasteiger partial charge in [-0.3, -0.25) is 4.79 Å². The summed E-state index contributed by atoms with van der Waals surface area (Å²) >= 11 is 0. The molecule has 1 saturated heterocycles. The smallest absolute Gasteiger partial charge is 0.254 e. The number of amides is 1. The molecule has 0 aliphatic carbocycles. The van der Waals surface area contributed by atoms with Gasteiger partial charge in [-0.05, 0) is 11.6 Å². The van der Waals surface area contributed by atoms with E-state index >= 15 is 0 Å². The summed E-state index contributed by atoms with van der Waals surface area (Å²) in [6.45, 7) is 1.59. The number of nitrogens with zero attached hydrogens (tertiary/aromatic N) is 3. The fourth-order valence-electron chi connectivity index (χ4n) is 3.21. The van der Waals surface area contributed by atoms with Crippen LogP contribution in [0.5, 0.6) is 0 Å². The topological polar surface area (TPSA) is 73.4 Å². The molecule has 2 heterocycles. The van der Waals surface area contributed by atoms with E-state index < -0.39 is 0 Å². The Labute approximate surface area is 135 Å². The molecular formula is C17H22N4O2. The Bertz CT molecular complexity index is 697. The molecule has 0 radical (unpaired) electrons. The van der Waals surface area contributed by atoms with Gasteiger partial charge in [0, 0.05) is 56.7 Å². The van der Waals surface area contributed by atoms with Crippen LogP contribution in [0.3, 0.4) is 0 Å². The highest BCUT2D eigenvalue weighted by molar-refractivity contribution is 5.96. The van der Waals surface area contributed by atoms with Crippen LogP contribution in [-0.4, -0.2) is 46.6 Å². The van der Waals surface area contributed by atoms with Gasteiger partial charge < -0.3 is 19.9 Å². The SMILES string of the molecule is COCc1ccccc1C(=O)N1C[C@@H](N)[C@H](c2cncn2C)C1. The first-order valence-corrected chi connectivity index (χ1v) is 7.69. The lowest BCUT2D eigenvalue weighted by Gasteiger charge is -2.18. The summed E-state index contributed by atoms with van der Waals surface area (Å²) in [6.07, 6.45) is 3.60. The molecule has 0 saturated carbocycles. The first kappa shape index (κ1) is 15.7. The fourth-order valence-corrected chi connectivity index (χ4v) is 3.21. The Balaban J connectivity index is 1.81. The van der Waals surface area contributed by atoms with Crippen molar-refractivity contribution in [1.29, 1.82) is 0 Å². The molecule has 1 aliphatic rings. The number of rotatable bonds is 4. The molecule has 23 heavy (non-hydrogen) atoms. The lowest BCUT2D eigenvalue weighted by molar-refractivity contribution is 0.0784. The summed E-state index contributed by atoms with van der Waals surface area (Å²) in [5, 5.41) is 0. The molecule has 1 fully saturated rings. The van der Waals surface area contributed by atoms with Gasteiger partial charge in [0.15, 0.2) is 0 Å². The molecule has 2 N–H and O–H groups in total. The highest BCUT2D eigenvalue weighted by Crippen LogP contribution is 2.27. The predicted molar refractivity (Wildman–Crippen MR) is 87.0 cm³/mol. The molecule has 1 aromatic heterocycles. The van der Waals surface area contributed by atoms with E-state index in [4.69, 9.17) is 10.5 Å². The minimum atomic E-state index is -0.0797. The highest BCUT2D eigenvalue weighted by Gasteiger charge is 2.36. The molecule has 122 valence electrons. The Hall–Kier alpha value is -2.18. The lowest BCUT2D eigenvalue weighted by atomic mass is 10.0. The number of aryl methyl sites for hydroxylation is 1. The highest BCUT2D eigenvalue weighted by atomic mass is 16.5. The van der Waals surface area contributed by atoms with Crippen LogP contribution in [0.15, 0.2) is 36.8 Å². The number of methoxy groups -OCH3 is 1. The molecule has 6 heteroatoms. The van der Waals surface area contributed by atoms with Crippen molar-refractivity contribution in [3.05, 3.63) is 53.6 Å². The molecule has 1 amide bonds. The molecule has 1 aliphatic heterocycles. The van der Waals surface area contributed by atoms with Crippen molar-refractivity contribution in [1.82, 2.24) is 14.5 Å². The molecule has 6 nitrogen and oxygen atoms in total. The van der Waals surface area contributed by atoms with Gasteiger partial charge in [0.2, 0.25) is 0 Å². The monoisotopic (exact) mass is 314 g/mol. The van der Waals surface area contributed by atoms with Crippen molar-refractivity contribution in [2.45, 2.75) is 18.6 Å². The Kier molecular flexibility index (Phi) is 4.45. The van der Waals surface area contributed by atoms with E-state index in [-0.39, 0.29) is 17.9 Å². The second kappa shape index (κ2) is 6.52. The van der Waals surface area contributed by atoms with Gasteiger partial charge in [-0.25, -0.2) is 4.98 Å². The maximum absolute atomic E-state index is 12.9. The zero-order valence-corrected chi connectivity index (χ0v) is 13.5. The quantitative estimate of drug-likeness (QED) is 0.918. The van der Waals surface area contributed by atoms with Crippen LogP contribution in [0.4, 0.5) is 0 Å². The van der Waals surface area contributed by atoms with Crippen molar-refractivity contribution in [3.63, 3.8) is 0 Å². The molecule has 0 spiro atoms. The number of carbonyl (C=O) groups is 1. The van der Waals surface area contributed by atoms with Gasteiger partial charge in [0.1, 0.15) is 0 Å². The number of hydrogen-bond donors (Lipinski definition) is 1. The minimum absolute atomic E-state index is 0.0118. The van der Waals surface area contributed by atoms with Crippen molar-refractivity contribution in [3.8, 4) is 0 Å². The Morgan fingerprint density at radius 2 is 2.17 bits per heavy atom. The van der Waals surface area contributed by atoms with Crippen LogP contribution in [0.1, 0.15) is 27.5 Å². The minimum Gasteiger partial charge on any atom is -0.380 e. The second-order valence-electron chi connectivity index (χ2n) is 6.00. The van der Waals surface area contributed by atoms with E-state index in [1.54, 1.807) is 13.4 Å². The second-order valence-corrected chi connectivity index (χ2v) is 6.00. The van der Waals surface area contributed by atoms with Gasteiger partial charge in [0.05, 0.1) is 12.9 Å². The van der Waals surface area contributed by atoms with Crippen molar-refractivity contribution in [2.75, 3.05) is 20.2 Å². The zero-order chi connectivity index (χ0) is 16.4. The number of carbonyl (C=O) groups excluding carboxylic acids is 1. The van der Waals surface area contributed by atoms with Gasteiger partial charge in [0.25, 0.3) is 5.91 Å². The molecule has 3 rings (SSSR count). The van der Waals surface area contributed by atoms with Gasteiger partial charge >= 0.3 is 0 Å². The number of likely N-dealkylation sites (tertiary alicyclic amines) is 1. The van der Waals surface area contributed by atoms with E-state index in [0.29, 0.717) is 25.3 Å². The first-order chi connectivity index (χ1) is 11.1. The molecule has 2 aromatic rings. The number of benzene rings is 1. The number of aromatic nitrogens is 2. The summed E-state index contributed by atoms with van der Waals surface area (Å²) in [4.78, 5) is 18.9. The first-order valence-electron chi connectivity index (χ1n) is 7.69. The number of ether oxygens (including phenoxy) is 1. The maximum Gasteiger partial charge on any atom is 0.254 e. The van der Waals surface area contributed by atoms with Crippen LogP contribution < -0.4 is 5.73 Å². The molecule has 0 unspecified atom stereocenters. The Morgan fingerprint density at radius 1 is 1.39 bits per heavy atom. The summed E-state index contributed by atoms with van der Waals surface area (Å²) < 4.78 is 7.16. The van der Waals surface area contributed by atoms with Gasteiger partial charge in [-0.1, -0.05) is 18.2 Å². The summed E-state index contributed by atoms with van der Waals surface area (Å²) in [7, 11) is 3.58. The zero-order valence-electron chi connectivity index (χ0n) is 13.5. The average Bonchev–Trinajstić information content (AvgIpc) is 3.13. The van der Waals surface area contributed by atoms with Crippen LogP contribution in [0.2, 0.25) is 0 Å². The maximum atomic E-state index is 12.9. The van der Waals surface area contributed by atoms with E-state index in [1.807, 2.05) is 47.0 Å². The van der Waals surface area contributed by atoms with Crippen LogP contribution >= 0.6 is 0 Å². The third kappa shape index (κ3) is 3.00. The molecule has 1 aromatic carbocycles. The van der Waals surface area contributed by atoms with Crippen LogP contribution in [-0.2, 0) is 18.4 Å². The van der Waals surface area contributed by atoms with E-state index in [0.717, 1.165) is 11.3 Å². The third-order valence-electron chi connectivity index (χ3n) is 4.43. The summed E-state index contributed by atoms with van der Waals surface area (Å²) in [5.41, 5.74) is 8.94. The predicted octanol–water partition coefficient (Wildman–Crippen LogP) is 1.13. The van der Waals surface area contributed by atoms with Gasteiger partial charge in [-0.15, -0.1) is 0 Å². The summed E-state index contributed by atoms with van der Waals surface area (Å²) in [5.74, 6) is 0.124. The fraction of sp³-hybridized carbons (Fsp3) is 0.412. The number of hydrogen-bond acceptors (Lipinski definition) is 4. The van der Waals surface area contributed by atoms with Crippen molar-refractivity contribution >= 4 is 5.91 Å². The van der Waals surface area contributed by atoms with Crippen LogP contribution in [0, 0.1) is 0 Å². The van der Waals surface area contributed by atoms with E-state index in [9.17, 15) is 4.79 Å². The van der Waals surface area contributed by atoms with Crippen LogP contribution in [0.25, 0.3) is 0 Å². The third-order valence-corrected chi connectivity index (χ3v) is 4.43. The lowest BCUT2D eigenvalue weighted by Crippen LogP contribution is -2.32.